The second-order valence-electron chi connectivity index (χ2n) is 2.60. The molecule has 0 unspecified atom stereocenters. The lowest BCUT2D eigenvalue weighted by atomic mass is 10.4. The summed E-state index contributed by atoms with van der Waals surface area (Å²) in [6.07, 6.45) is 4.33. The summed E-state index contributed by atoms with van der Waals surface area (Å²) in [5.41, 5.74) is -0.0386. The van der Waals surface area contributed by atoms with Crippen molar-refractivity contribution in [1.82, 2.24) is 20.0 Å². The number of aromatic nitrogens is 4. The van der Waals surface area contributed by atoms with E-state index in [1.54, 1.807) is 6.20 Å². The van der Waals surface area contributed by atoms with Gasteiger partial charge in [-0.15, -0.1) is 5.10 Å². The van der Waals surface area contributed by atoms with Crippen LogP contribution in [0.15, 0.2) is 24.7 Å². The van der Waals surface area contributed by atoms with Crippen molar-refractivity contribution in [1.29, 1.82) is 0 Å². The van der Waals surface area contributed by atoms with Crippen LogP contribution in [-0.4, -0.2) is 24.9 Å². The Labute approximate surface area is 97.4 Å². The summed E-state index contributed by atoms with van der Waals surface area (Å²) in [4.78, 5) is 13.9. The molecular formula is C7H4IN5O2. The number of halogens is 1. The number of nitro groups is 1. The fraction of sp³-hybridized carbons (Fsp3) is 0. The van der Waals surface area contributed by atoms with Gasteiger partial charge in [-0.3, -0.25) is 10.1 Å². The van der Waals surface area contributed by atoms with Gasteiger partial charge >= 0.3 is 0 Å². The van der Waals surface area contributed by atoms with Gasteiger partial charge in [0.25, 0.3) is 5.69 Å². The van der Waals surface area contributed by atoms with Gasteiger partial charge in [0.05, 0.1) is 20.9 Å². The molecule has 15 heavy (non-hydrogen) atoms. The summed E-state index contributed by atoms with van der Waals surface area (Å²) in [6.45, 7) is 0. The third kappa shape index (κ3) is 1.93. The van der Waals surface area contributed by atoms with E-state index in [0.29, 0.717) is 9.39 Å². The van der Waals surface area contributed by atoms with Gasteiger partial charge in [0.1, 0.15) is 6.20 Å². The van der Waals surface area contributed by atoms with Gasteiger partial charge in [-0.2, -0.15) is 0 Å². The highest BCUT2D eigenvalue weighted by Gasteiger charge is 2.11. The number of hydrogen-bond donors (Lipinski definition) is 0. The quantitative estimate of drug-likeness (QED) is 0.471. The molecular weight excluding hydrogens is 313 g/mol. The molecule has 0 aliphatic heterocycles. The Morgan fingerprint density at radius 1 is 1.53 bits per heavy atom. The zero-order chi connectivity index (χ0) is 10.8. The lowest BCUT2D eigenvalue weighted by Gasteiger charge is -2.01. The van der Waals surface area contributed by atoms with E-state index in [2.05, 4.69) is 15.3 Å². The molecule has 2 heterocycles. The summed E-state index contributed by atoms with van der Waals surface area (Å²) in [5, 5.41) is 17.9. The molecule has 0 fully saturated rings. The highest BCUT2D eigenvalue weighted by molar-refractivity contribution is 14.1. The standard InChI is InChI=1S/C7H4IN5O2/c8-6-3-5(13(14)15)4-9-7(6)12-2-1-10-11-12/h1-4H. The van der Waals surface area contributed by atoms with E-state index < -0.39 is 4.92 Å². The minimum absolute atomic E-state index is 0.0386. The molecule has 2 rings (SSSR count). The lowest BCUT2D eigenvalue weighted by molar-refractivity contribution is -0.385. The van der Waals surface area contributed by atoms with Crippen LogP contribution in [-0.2, 0) is 0 Å². The van der Waals surface area contributed by atoms with E-state index in [1.165, 1.54) is 23.1 Å². The van der Waals surface area contributed by atoms with E-state index in [1.807, 2.05) is 22.6 Å². The van der Waals surface area contributed by atoms with Gasteiger partial charge in [0.15, 0.2) is 5.82 Å². The Balaban J connectivity index is 2.48. The largest absolute Gasteiger partial charge is 0.288 e. The van der Waals surface area contributed by atoms with Crippen LogP contribution in [0.25, 0.3) is 5.82 Å². The zero-order valence-electron chi connectivity index (χ0n) is 7.24. The normalized spacial score (nSPS) is 10.2. The summed E-state index contributed by atoms with van der Waals surface area (Å²) >= 11 is 1.96. The van der Waals surface area contributed by atoms with Crippen LogP contribution in [0.2, 0.25) is 0 Å². The van der Waals surface area contributed by atoms with Crippen LogP contribution in [0.1, 0.15) is 0 Å². The SMILES string of the molecule is O=[N+]([O-])c1cnc(-n2ccnn2)c(I)c1. The van der Waals surface area contributed by atoms with Gasteiger partial charge in [-0.05, 0) is 22.6 Å². The Hall–Kier alpha value is -1.58. The molecule has 2 aromatic rings. The van der Waals surface area contributed by atoms with Crippen molar-refractivity contribution < 1.29 is 4.92 Å². The maximum absolute atomic E-state index is 10.5. The van der Waals surface area contributed by atoms with E-state index in [0.717, 1.165) is 0 Å². The van der Waals surface area contributed by atoms with Crippen molar-refractivity contribution in [3.63, 3.8) is 0 Å². The second-order valence-corrected chi connectivity index (χ2v) is 3.77. The third-order valence-corrected chi connectivity index (χ3v) is 2.45. The van der Waals surface area contributed by atoms with Crippen LogP contribution in [0, 0.1) is 13.7 Å². The monoisotopic (exact) mass is 317 g/mol. The van der Waals surface area contributed by atoms with E-state index >= 15 is 0 Å². The Morgan fingerprint density at radius 2 is 2.33 bits per heavy atom. The Morgan fingerprint density at radius 3 is 2.87 bits per heavy atom. The lowest BCUT2D eigenvalue weighted by Crippen LogP contribution is -2.02. The molecule has 8 heteroatoms. The van der Waals surface area contributed by atoms with Crippen molar-refractivity contribution in [3.05, 3.63) is 38.3 Å². The van der Waals surface area contributed by atoms with Gasteiger partial charge in [-0.1, -0.05) is 5.21 Å². The average Bonchev–Trinajstić information content (AvgIpc) is 2.70. The summed E-state index contributed by atoms with van der Waals surface area (Å²) < 4.78 is 2.10. The smallest absolute Gasteiger partial charge is 0.258 e. The van der Waals surface area contributed by atoms with Gasteiger partial charge in [0.2, 0.25) is 0 Å². The molecule has 0 radical (unpaired) electrons. The molecule has 0 atom stereocenters. The minimum atomic E-state index is -0.486. The number of nitrogens with zero attached hydrogens (tertiary/aromatic N) is 5. The maximum atomic E-state index is 10.5. The van der Waals surface area contributed by atoms with Crippen LogP contribution >= 0.6 is 22.6 Å². The predicted molar refractivity (Wildman–Crippen MR) is 58.5 cm³/mol. The van der Waals surface area contributed by atoms with Crippen LogP contribution < -0.4 is 0 Å². The van der Waals surface area contributed by atoms with Crippen molar-refractivity contribution in [2.45, 2.75) is 0 Å². The Bertz CT molecular complexity index is 498. The zero-order valence-corrected chi connectivity index (χ0v) is 9.40. The van der Waals surface area contributed by atoms with E-state index in [4.69, 9.17) is 0 Å². The predicted octanol–water partition coefficient (Wildman–Crippen LogP) is 1.18. The van der Waals surface area contributed by atoms with Crippen molar-refractivity contribution in [3.8, 4) is 5.82 Å². The van der Waals surface area contributed by atoms with Gasteiger partial charge in [-0.25, -0.2) is 9.67 Å². The van der Waals surface area contributed by atoms with Crippen molar-refractivity contribution >= 4 is 28.3 Å². The van der Waals surface area contributed by atoms with Crippen molar-refractivity contribution in [2.24, 2.45) is 0 Å². The molecule has 0 N–H and O–H groups in total. The first-order valence-electron chi connectivity index (χ1n) is 3.85. The summed E-state index contributed by atoms with van der Waals surface area (Å²) in [7, 11) is 0. The number of hydrogen-bond acceptors (Lipinski definition) is 5. The highest BCUT2D eigenvalue weighted by Crippen LogP contribution is 2.18. The molecule has 0 saturated heterocycles. The second kappa shape index (κ2) is 3.88. The highest BCUT2D eigenvalue weighted by atomic mass is 127. The Kier molecular flexibility index (Phi) is 2.58. The average molecular weight is 317 g/mol. The fourth-order valence-corrected chi connectivity index (χ4v) is 1.72. The van der Waals surface area contributed by atoms with Gasteiger partial charge < -0.3 is 0 Å². The number of rotatable bonds is 2. The maximum Gasteiger partial charge on any atom is 0.288 e. The first-order valence-corrected chi connectivity index (χ1v) is 4.93. The fourth-order valence-electron chi connectivity index (χ4n) is 1.01. The topological polar surface area (TPSA) is 86.7 Å². The van der Waals surface area contributed by atoms with E-state index in [-0.39, 0.29) is 5.69 Å². The number of pyridine rings is 1. The molecule has 0 saturated carbocycles. The van der Waals surface area contributed by atoms with Crippen molar-refractivity contribution in [2.75, 3.05) is 0 Å². The van der Waals surface area contributed by atoms with Gasteiger partial charge in [0, 0.05) is 6.07 Å². The molecule has 76 valence electrons. The first-order chi connectivity index (χ1) is 7.18. The molecule has 0 spiro atoms. The first kappa shape index (κ1) is 9.96. The van der Waals surface area contributed by atoms with E-state index in [9.17, 15) is 10.1 Å². The molecule has 0 aliphatic rings. The molecule has 2 aromatic heterocycles. The molecule has 0 amide bonds. The van der Waals surface area contributed by atoms with Crippen LogP contribution in [0.3, 0.4) is 0 Å². The summed E-state index contributed by atoms with van der Waals surface area (Å²) in [6, 6.07) is 1.44. The molecule has 0 aromatic carbocycles. The third-order valence-electron chi connectivity index (χ3n) is 1.66. The molecule has 0 bridgehead atoms. The van der Waals surface area contributed by atoms with Crippen LogP contribution in [0.4, 0.5) is 5.69 Å². The molecule has 0 aliphatic carbocycles. The minimum Gasteiger partial charge on any atom is -0.258 e. The van der Waals surface area contributed by atoms with Crippen LogP contribution in [0.5, 0.6) is 0 Å². The molecule has 7 nitrogen and oxygen atoms in total. The summed E-state index contributed by atoms with van der Waals surface area (Å²) in [5.74, 6) is 0.527.